The average Bonchev–Trinajstić information content (AvgIpc) is 2.95. The van der Waals surface area contributed by atoms with Gasteiger partial charge < -0.3 is 15.5 Å². The molecule has 116 valence electrons. The Hall–Kier alpha value is -0.900. The van der Waals surface area contributed by atoms with Crippen LogP contribution in [0.5, 0.6) is 0 Å². The summed E-state index contributed by atoms with van der Waals surface area (Å²) in [4.78, 5) is 4.99. The molecular formula is C18H29N3. The van der Waals surface area contributed by atoms with Gasteiger partial charge >= 0.3 is 0 Å². The number of nitrogens with two attached hydrogens (primary N) is 1. The molecule has 1 saturated carbocycles. The van der Waals surface area contributed by atoms with Crippen molar-refractivity contribution in [3.63, 3.8) is 0 Å². The quantitative estimate of drug-likeness (QED) is 0.921. The van der Waals surface area contributed by atoms with E-state index in [0.717, 1.165) is 19.3 Å². The third-order valence-electron chi connectivity index (χ3n) is 5.34. The van der Waals surface area contributed by atoms with E-state index >= 15 is 0 Å². The van der Waals surface area contributed by atoms with Gasteiger partial charge in [-0.1, -0.05) is 37.1 Å². The Balaban J connectivity index is 1.52. The van der Waals surface area contributed by atoms with Gasteiger partial charge in [-0.25, -0.2) is 0 Å². The van der Waals surface area contributed by atoms with E-state index < -0.39 is 0 Å². The Morgan fingerprint density at radius 1 is 1.00 bits per heavy atom. The summed E-state index contributed by atoms with van der Waals surface area (Å²) < 4.78 is 0. The topological polar surface area (TPSA) is 32.5 Å². The van der Waals surface area contributed by atoms with Gasteiger partial charge in [0.1, 0.15) is 0 Å². The largest absolute Gasteiger partial charge is 0.321 e. The highest BCUT2D eigenvalue weighted by Gasteiger charge is 2.30. The highest BCUT2D eigenvalue weighted by molar-refractivity contribution is 5.29. The van der Waals surface area contributed by atoms with Crippen LogP contribution in [0.1, 0.15) is 36.8 Å². The molecule has 3 rings (SSSR count). The fourth-order valence-electron chi connectivity index (χ4n) is 3.66. The van der Waals surface area contributed by atoms with E-state index in [2.05, 4.69) is 41.1 Å². The molecule has 2 N–H and O–H groups in total. The van der Waals surface area contributed by atoms with Gasteiger partial charge in [-0.05, 0) is 37.4 Å². The molecule has 1 aliphatic heterocycles. The van der Waals surface area contributed by atoms with Crippen molar-refractivity contribution in [3.8, 4) is 0 Å². The van der Waals surface area contributed by atoms with Crippen LogP contribution in [0.4, 0.5) is 0 Å². The second-order valence-electron chi connectivity index (χ2n) is 6.96. The molecule has 1 aromatic rings. The number of rotatable bonds is 4. The van der Waals surface area contributed by atoms with Crippen LogP contribution in [-0.4, -0.2) is 49.6 Å². The summed E-state index contributed by atoms with van der Waals surface area (Å²) in [7, 11) is 2.21. The number of nitrogens with zero attached hydrogens (tertiary/aromatic N) is 2. The van der Waals surface area contributed by atoms with Gasteiger partial charge in [0.25, 0.3) is 0 Å². The first-order chi connectivity index (χ1) is 10.2. The predicted octanol–water partition coefficient (Wildman–Crippen LogP) is 2.20. The van der Waals surface area contributed by atoms with E-state index in [1.807, 2.05) is 0 Å². The van der Waals surface area contributed by atoms with Crippen molar-refractivity contribution in [1.29, 1.82) is 0 Å². The maximum atomic E-state index is 6.52. The molecule has 0 unspecified atom stereocenters. The average molecular weight is 287 g/mol. The Bertz CT molecular complexity index is 440. The molecule has 1 heterocycles. The first-order valence-corrected chi connectivity index (χ1v) is 8.45. The summed E-state index contributed by atoms with van der Waals surface area (Å²) in [5, 5.41) is 0. The molecule has 0 spiro atoms. The number of hydrogen-bond acceptors (Lipinski definition) is 3. The molecule has 0 aromatic heterocycles. The lowest BCUT2D eigenvalue weighted by molar-refractivity contribution is 0.155. The van der Waals surface area contributed by atoms with Crippen LogP contribution in [0, 0.1) is 0 Å². The van der Waals surface area contributed by atoms with E-state index in [1.165, 1.54) is 56.7 Å². The SMILES string of the molecule is CN1CCN(CCc2ccc(C3(N)CCCC3)cc2)CC1. The van der Waals surface area contributed by atoms with E-state index in [9.17, 15) is 0 Å². The van der Waals surface area contributed by atoms with Crippen LogP contribution in [-0.2, 0) is 12.0 Å². The molecule has 2 aliphatic rings. The maximum absolute atomic E-state index is 6.52. The van der Waals surface area contributed by atoms with Gasteiger partial charge in [-0.3, -0.25) is 0 Å². The Kier molecular flexibility index (Phi) is 4.63. The monoisotopic (exact) mass is 287 g/mol. The van der Waals surface area contributed by atoms with Crippen molar-refractivity contribution in [2.45, 2.75) is 37.6 Å². The minimum Gasteiger partial charge on any atom is -0.321 e. The van der Waals surface area contributed by atoms with E-state index in [0.29, 0.717) is 0 Å². The predicted molar refractivity (Wildman–Crippen MR) is 88.4 cm³/mol. The van der Waals surface area contributed by atoms with Crippen LogP contribution in [0.15, 0.2) is 24.3 Å². The smallest absolute Gasteiger partial charge is 0.0409 e. The number of hydrogen-bond donors (Lipinski definition) is 1. The lowest BCUT2D eigenvalue weighted by atomic mass is 9.89. The zero-order valence-electron chi connectivity index (χ0n) is 13.4. The van der Waals surface area contributed by atoms with Crippen molar-refractivity contribution in [3.05, 3.63) is 35.4 Å². The molecule has 0 bridgehead atoms. The molecule has 2 fully saturated rings. The lowest BCUT2D eigenvalue weighted by Gasteiger charge is -2.32. The molecule has 1 saturated heterocycles. The van der Waals surface area contributed by atoms with Gasteiger partial charge in [0.2, 0.25) is 0 Å². The van der Waals surface area contributed by atoms with Crippen molar-refractivity contribution >= 4 is 0 Å². The minimum absolute atomic E-state index is 0.0457. The molecule has 1 aromatic carbocycles. The van der Waals surface area contributed by atoms with Crippen LogP contribution < -0.4 is 5.73 Å². The van der Waals surface area contributed by atoms with Gasteiger partial charge in [0.15, 0.2) is 0 Å². The standard InChI is InChI=1S/C18H29N3/c1-20-12-14-21(15-13-20)11-8-16-4-6-17(7-5-16)18(19)9-2-3-10-18/h4-7H,2-3,8-15,19H2,1H3. The molecule has 3 nitrogen and oxygen atoms in total. The van der Waals surface area contributed by atoms with Crippen molar-refractivity contribution in [2.24, 2.45) is 5.73 Å². The summed E-state index contributed by atoms with van der Waals surface area (Å²) in [6.45, 7) is 6.01. The van der Waals surface area contributed by atoms with E-state index in [4.69, 9.17) is 5.73 Å². The summed E-state index contributed by atoms with van der Waals surface area (Å²) in [6.07, 6.45) is 6.01. The minimum atomic E-state index is -0.0457. The molecule has 0 radical (unpaired) electrons. The summed E-state index contributed by atoms with van der Waals surface area (Å²) in [5.74, 6) is 0. The first-order valence-electron chi connectivity index (χ1n) is 8.45. The summed E-state index contributed by atoms with van der Waals surface area (Å²) in [6, 6.07) is 9.12. The van der Waals surface area contributed by atoms with Crippen LogP contribution >= 0.6 is 0 Å². The van der Waals surface area contributed by atoms with Crippen molar-refractivity contribution in [2.75, 3.05) is 39.8 Å². The van der Waals surface area contributed by atoms with Crippen molar-refractivity contribution in [1.82, 2.24) is 9.80 Å². The van der Waals surface area contributed by atoms with Gasteiger partial charge in [-0.2, -0.15) is 0 Å². The number of likely N-dealkylation sites (N-methyl/N-ethyl adjacent to an activating group) is 1. The highest BCUT2D eigenvalue weighted by Crippen LogP contribution is 2.36. The fourth-order valence-corrected chi connectivity index (χ4v) is 3.66. The fraction of sp³-hybridized carbons (Fsp3) is 0.667. The third-order valence-corrected chi connectivity index (χ3v) is 5.34. The van der Waals surface area contributed by atoms with E-state index in [1.54, 1.807) is 0 Å². The molecule has 1 aliphatic carbocycles. The van der Waals surface area contributed by atoms with Crippen LogP contribution in [0.25, 0.3) is 0 Å². The molecule has 3 heteroatoms. The molecule has 21 heavy (non-hydrogen) atoms. The summed E-state index contributed by atoms with van der Waals surface area (Å²) >= 11 is 0. The summed E-state index contributed by atoms with van der Waals surface area (Å²) in [5.41, 5.74) is 9.26. The van der Waals surface area contributed by atoms with Crippen molar-refractivity contribution < 1.29 is 0 Å². The van der Waals surface area contributed by atoms with Crippen LogP contribution in [0.2, 0.25) is 0 Å². The second kappa shape index (κ2) is 6.47. The normalized spacial score (nSPS) is 23.5. The first kappa shape index (κ1) is 15.0. The van der Waals surface area contributed by atoms with Gasteiger partial charge in [0.05, 0.1) is 0 Å². The lowest BCUT2D eigenvalue weighted by Crippen LogP contribution is -2.45. The van der Waals surface area contributed by atoms with E-state index in [-0.39, 0.29) is 5.54 Å². The second-order valence-corrected chi connectivity index (χ2v) is 6.96. The molecule has 0 atom stereocenters. The highest BCUT2D eigenvalue weighted by atomic mass is 15.2. The Morgan fingerprint density at radius 2 is 1.62 bits per heavy atom. The Labute approximate surface area is 129 Å². The van der Waals surface area contributed by atoms with Gasteiger partial charge in [0, 0.05) is 38.3 Å². The third kappa shape index (κ3) is 3.65. The number of benzene rings is 1. The zero-order chi connectivity index (χ0) is 14.7. The Morgan fingerprint density at radius 3 is 2.24 bits per heavy atom. The molecular weight excluding hydrogens is 258 g/mol. The number of piperazine rings is 1. The molecule has 0 amide bonds. The van der Waals surface area contributed by atoms with Crippen LogP contribution in [0.3, 0.4) is 0 Å². The van der Waals surface area contributed by atoms with Gasteiger partial charge in [-0.15, -0.1) is 0 Å². The zero-order valence-corrected chi connectivity index (χ0v) is 13.4. The maximum Gasteiger partial charge on any atom is 0.0409 e.